The van der Waals surface area contributed by atoms with Crippen molar-refractivity contribution in [3.05, 3.63) is 29.5 Å². The highest BCUT2D eigenvalue weighted by molar-refractivity contribution is 5.84. The topological polar surface area (TPSA) is 54.7 Å². The van der Waals surface area contributed by atoms with Gasteiger partial charge in [0.25, 0.3) is 5.91 Å². The number of ether oxygens (including phenoxy) is 1. The van der Waals surface area contributed by atoms with Gasteiger partial charge in [0.05, 0.1) is 0 Å². The van der Waals surface area contributed by atoms with Crippen molar-refractivity contribution >= 4 is 16.9 Å². The van der Waals surface area contributed by atoms with E-state index in [9.17, 15) is 4.79 Å². The number of carbonyl (C=O) groups is 1. The zero-order chi connectivity index (χ0) is 18.5. The lowest BCUT2D eigenvalue weighted by molar-refractivity contribution is -0.123. The molecule has 0 saturated carbocycles. The van der Waals surface area contributed by atoms with E-state index in [0.29, 0.717) is 6.54 Å². The van der Waals surface area contributed by atoms with Crippen LogP contribution >= 0.6 is 0 Å². The fourth-order valence-corrected chi connectivity index (χ4v) is 4.24. The third kappa shape index (κ3) is 4.64. The molecule has 1 fully saturated rings. The number of furan rings is 1. The van der Waals surface area contributed by atoms with Crippen molar-refractivity contribution in [3.63, 3.8) is 0 Å². The molecule has 2 aliphatic rings. The summed E-state index contributed by atoms with van der Waals surface area (Å²) >= 11 is 0. The molecule has 2 heterocycles. The predicted molar refractivity (Wildman–Crippen MR) is 106 cm³/mol. The summed E-state index contributed by atoms with van der Waals surface area (Å²) in [4.78, 5) is 14.5. The van der Waals surface area contributed by atoms with E-state index in [2.05, 4.69) is 10.2 Å². The van der Waals surface area contributed by atoms with E-state index in [1.165, 1.54) is 50.8 Å². The zero-order valence-corrected chi connectivity index (χ0v) is 16.1. The Morgan fingerprint density at radius 2 is 1.96 bits per heavy atom. The number of hydrogen-bond acceptors (Lipinski definition) is 4. The van der Waals surface area contributed by atoms with Crippen LogP contribution in [0.3, 0.4) is 0 Å². The van der Waals surface area contributed by atoms with Gasteiger partial charge in [0, 0.05) is 23.9 Å². The second-order valence-electron chi connectivity index (χ2n) is 7.76. The van der Waals surface area contributed by atoms with Crippen molar-refractivity contribution in [2.45, 2.75) is 51.4 Å². The second kappa shape index (κ2) is 8.79. The van der Waals surface area contributed by atoms with Crippen LogP contribution in [-0.2, 0) is 17.6 Å². The molecule has 0 unspecified atom stereocenters. The number of likely N-dealkylation sites (tertiary alicyclic amines) is 1. The van der Waals surface area contributed by atoms with Crippen LogP contribution in [0.4, 0.5) is 0 Å². The molecule has 1 N–H and O–H groups in total. The maximum absolute atomic E-state index is 12.0. The quantitative estimate of drug-likeness (QED) is 0.756. The molecule has 1 aromatic carbocycles. The van der Waals surface area contributed by atoms with E-state index >= 15 is 0 Å². The minimum absolute atomic E-state index is 0.0528. The van der Waals surface area contributed by atoms with Crippen LogP contribution in [-0.4, -0.2) is 43.6 Å². The van der Waals surface area contributed by atoms with Crippen molar-refractivity contribution in [3.8, 4) is 5.75 Å². The summed E-state index contributed by atoms with van der Waals surface area (Å²) in [5.41, 5.74) is 2.25. The average molecular weight is 370 g/mol. The summed E-state index contributed by atoms with van der Waals surface area (Å²) in [6, 6.07) is 5.87. The number of piperidine rings is 1. The summed E-state index contributed by atoms with van der Waals surface area (Å²) in [5, 5.41) is 4.11. The van der Waals surface area contributed by atoms with Crippen LogP contribution in [0.5, 0.6) is 5.75 Å². The average Bonchev–Trinajstić information content (AvgIpc) is 3.08. The molecule has 2 aromatic rings. The lowest BCUT2D eigenvalue weighted by Gasteiger charge is -2.26. The molecule has 1 aromatic heterocycles. The number of carbonyl (C=O) groups excluding carboxylic acids is 1. The number of amides is 1. The summed E-state index contributed by atoms with van der Waals surface area (Å²) in [5.74, 6) is 1.81. The number of nitrogens with one attached hydrogen (secondary N) is 1. The van der Waals surface area contributed by atoms with Crippen LogP contribution in [0.1, 0.15) is 49.8 Å². The number of rotatable bonds is 7. The minimum atomic E-state index is -0.0528. The third-order valence-electron chi connectivity index (χ3n) is 5.72. The smallest absolute Gasteiger partial charge is 0.257 e. The maximum Gasteiger partial charge on any atom is 0.257 e. The molecule has 5 nitrogen and oxygen atoms in total. The molecule has 0 spiro atoms. The summed E-state index contributed by atoms with van der Waals surface area (Å²) in [6.07, 6.45) is 9.50. The molecule has 1 saturated heterocycles. The Balaban J connectivity index is 1.22. The minimum Gasteiger partial charge on any atom is -0.484 e. The van der Waals surface area contributed by atoms with Gasteiger partial charge in [-0.2, -0.15) is 0 Å². The standard InChI is InChI=1S/C22H30N2O3/c25-22(23-11-6-14-24-12-4-1-5-13-24)16-26-17-9-10-21-19(15-17)18-7-2-3-8-20(18)27-21/h9-10,15H,1-8,11-14,16H2,(H,23,25). The summed E-state index contributed by atoms with van der Waals surface area (Å²) in [7, 11) is 0. The first-order chi connectivity index (χ1) is 13.3. The molecule has 1 aliphatic carbocycles. The Morgan fingerprint density at radius 3 is 2.85 bits per heavy atom. The number of fused-ring (bicyclic) bond motifs is 3. The van der Waals surface area contributed by atoms with Crippen LogP contribution in [0, 0.1) is 0 Å². The van der Waals surface area contributed by atoms with Crippen LogP contribution in [0.15, 0.2) is 22.6 Å². The highest BCUT2D eigenvalue weighted by Gasteiger charge is 2.18. The Kier molecular flexibility index (Phi) is 5.97. The first-order valence-corrected chi connectivity index (χ1v) is 10.5. The molecule has 0 atom stereocenters. The molecule has 1 amide bonds. The van der Waals surface area contributed by atoms with Crippen molar-refractivity contribution < 1.29 is 13.9 Å². The zero-order valence-electron chi connectivity index (χ0n) is 16.1. The molecular formula is C22H30N2O3. The number of nitrogens with zero attached hydrogens (tertiary/aromatic N) is 1. The molecule has 4 rings (SSSR count). The Bertz CT molecular complexity index is 777. The first kappa shape index (κ1) is 18.4. The summed E-state index contributed by atoms with van der Waals surface area (Å²) < 4.78 is 11.7. The van der Waals surface area contributed by atoms with Gasteiger partial charge in [0.1, 0.15) is 17.1 Å². The summed E-state index contributed by atoms with van der Waals surface area (Å²) in [6.45, 7) is 4.26. The lowest BCUT2D eigenvalue weighted by Crippen LogP contribution is -2.34. The Labute approximate surface area is 161 Å². The van der Waals surface area contributed by atoms with Gasteiger partial charge in [-0.1, -0.05) is 6.42 Å². The van der Waals surface area contributed by atoms with Crippen molar-refractivity contribution in [1.29, 1.82) is 0 Å². The van der Waals surface area contributed by atoms with Gasteiger partial charge in [-0.25, -0.2) is 0 Å². The van der Waals surface area contributed by atoms with Crippen molar-refractivity contribution in [1.82, 2.24) is 10.2 Å². The van der Waals surface area contributed by atoms with Gasteiger partial charge in [0.2, 0.25) is 0 Å². The Hall–Kier alpha value is -2.01. The molecule has 0 bridgehead atoms. The predicted octanol–water partition coefficient (Wildman–Crippen LogP) is 3.68. The van der Waals surface area contributed by atoms with Gasteiger partial charge in [0.15, 0.2) is 6.61 Å². The normalized spacial score (nSPS) is 17.6. The first-order valence-electron chi connectivity index (χ1n) is 10.5. The van der Waals surface area contributed by atoms with Gasteiger partial charge < -0.3 is 19.4 Å². The van der Waals surface area contributed by atoms with Crippen molar-refractivity contribution in [2.24, 2.45) is 0 Å². The molecule has 5 heteroatoms. The second-order valence-corrected chi connectivity index (χ2v) is 7.76. The molecule has 146 valence electrons. The fourth-order valence-electron chi connectivity index (χ4n) is 4.24. The van der Waals surface area contributed by atoms with Crippen LogP contribution < -0.4 is 10.1 Å². The largest absolute Gasteiger partial charge is 0.484 e. The van der Waals surface area contributed by atoms with E-state index in [0.717, 1.165) is 48.3 Å². The van der Waals surface area contributed by atoms with Crippen LogP contribution in [0.25, 0.3) is 11.0 Å². The fraction of sp³-hybridized carbons (Fsp3) is 0.591. The van der Waals surface area contributed by atoms with E-state index in [4.69, 9.17) is 9.15 Å². The van der Waals surface area contributed by atoms with Gasteiger partial charge in [-0.3, -0.25) is 4.79 Å². The van der Waals surface area contributed by atoms with Crippen LogP contribution in [0.2, 0.25) is 0 Å². The molecule has 1 aliphatic heterocycles. The lowest BCUT2D eigenvalue weighted by atomic mass is 9.96. The van der Waals surface area contributed by atoms with E-state index < -0.39 is 0 Å². The number of aryl methyl sites for hydroxylation is 2. The third-order valence-corrected chi connectivity index (χ3v) is 5.72. The highest BCUT2D eigenvalue weighted by Crippen LogP contribution is 2.33. The van der Waals surface area contributed by atoms with Gasteiger partial charge in [-0.15, -0.1) is 0 Å². The molecular weight excluding hydrogens is 340 g/mol. The maximum atomic E-state index is 12.0. The Morgan fingerprint density at radius 1 is 1.11 bits per heavy atom. The van der Waals surface area contributed by atoms with E-state index in [-0.39, 0.29) is 12.5 Å². The van der Waals surface area contributed by atoms with E-state index in [1.807, 2.05) is 18.2 Å². The number of hydrogen-bond donors (Lipinski definition) is 1. The molecule has 27 heavy (non-hydrogen) atoms. The van der Waals surface area contributed by atoms with Gasteiger partial charge >= 0.3 is 0 Å². The van der Waals surface area contributed by atoms with Gasteiger partial charge in [-0.05, 0) is 76.4 Å². The molecule has 0 radical (unpaired) electrons. The number of benzene rings is 1. The highest BCUT2D eigenvalue weighted by atomic mass is 16.5. The monoisotopic (exact) mass is 370 g/mol. The van der Waals surface area contributed by atoms with Crippen molar-refractivity contribution in [2.75, 3.05) is 32.8 Å². The SMILES string of the molecule is O=C(COc1ccc2oc3c(c2c1)CCCC3)NCCCN1CCCCC1. The van der Waals surface area contributed by atoms with E-state index in [1.54, 1.807) is 0 Å².